The Bertz CT molecular complexity index is 684. The molecule has 1 aliphatic carbocycles. The van der Waals surface area contributed by atoms with Crippen molar-refractivity contribution in [2.24, 2.45) is 5.92 Å². The van der Waals surface area contributed by atoms with E-state index in [4.69, 9.17) is 4.98 Å². The van der Waals surface area contributed by atoms with Crippen LogP contribution in [0, 0.1) is 17.2 Å². The molecule has 1 aromatic heterocycles. The van der Waals surface area contributed by atoms with Crippen LogP contribution in [0.25, 0.3) is 0 Å². The van der Waals surface area contributed by atoms with E-state index in [2.05, 4.69) is 16.3 Å². The predicted molar refractivity (Wildman–Crippen MR) is 93.8 cm³/mol. The van der Waals surface area contributed by atoms with E-state index in [1.807, 2.05) is 26.8 Å². The van der Waals surface area contributed by atoms with Gasteiger partial charge in [-0.1, -0.05) is 0 Å². The summed E-state index contributed by atoms with van der Waals surface area (Å²) >= 11 is 0. The topological polar surface area (TPSA) is 69.0 Å². The number of anilines is 1. The minimum Gasteiger partial charge on any atom is -0.355 e. The Morgan fingerprint density at radius 3 is 2.88 bits per heavy atom. The van der Waals surface area contributed by atoms with E-state index in [0.717, 1.165) is 50.2 Å². The van der Waals surface area contributed by atoms with Crippen LogP contribution in [0.2, 0.25) is 0 Å². The number of nitrogens with one attached hydrogen (secondary N) is 1. The number of amides is 1. The highest BCUT2D eigenvalue weighted by molar-refractivity contribution is 5.80. The average Bonchev–Trinajstić information content (AvgIpc) is 2.99. The number of fused-ring (bicyclic) bond motifs is 1. The lowest BCUT2D eigenvalue weighted by Crippen LogP contribution is -2.49. The number of rotatable bonds is 2. The predicted octanol–water partition coefficient (Wildman–Crippen LogP) is 2.57. The number of aromatic nitrogens is 1. The van der Waals surface area contributed by atoms with E-state index < -0.39 is 0 Å². The first-order valence-electron chi connectivity index (χ1n) is 8.87. The summed E-state index contributed by atoms with van der Waals surface area (Å²) < 4.78 is 0. The molecule has 1 N–H and O–H groups in total. The molecule has 0 aromatic carbocycles. The molecular formula is C19H26N4O. The quantitative estimate of drug-likeness (QED) is 0.907. The Morgan fingerprint density at radius 1 is 1.38 bits per heavy atom. The summed E-state index contributed by atoms with van der Waals surface area (Å²) in [4.78, 5) is 19.4. The van der Waals surface area contributed by atoms with Crippen LogP contribution in [-0.4, -0.2) is 29.5 Å². The van der Waals surface area contributed by atoms with Gasteiger partial charge in [0.1, 0.15) is 11.9 Å². The van der Waals surface area contributed by atoms with Crippen LogP contribution in [0.5, 0.6) is 0 Å². The second-order valence-electron chi connectivity index (χ2n) is 7.96. The number of nitrogens with zero attached hydrogens (tertiary/aromatic N) is 3. The maximum atomic E-state index is 12.5. The Balaban J connectivity index is 1.80. The van der Waals surface area contributed by atoms with Crippen LogP contribution in [0.1, 0.15) is 56.9 Å². The molecule has 24 heavy (non-hydrogen) atoms. The number of hydrogen-bond acceptors (Lipinski definition) is 4. The highest BCUT2D eigenvalue weighted by Gasteiger charge is 2.30. The average molecular weight is 326 g/mol. The highest BCUT2D eigenvalue weighted by Crippen LogP contribution is 2.30. The van der Waals surface area contributed by atoms with Crippen molar-refractivity contribution < 1.29 is 4.79 Å². The molecule has 0 spiro atoms. The molecule has 0 radical (unpaired) electrons. The van der Waals surface area contributed by atoms with Crippen molar-refractivity contribution in [1.82, 2.24) is 10.3 Å². The van der Waals surface area contributed by atoms with Crippen LogP contribution in [0.15, 0.2) is 6.07 Å². The number of hydrogen-bond donors (Lipinski definition) is 1. The van der Waals surface area contributed by atoms with Gasteiger partial charge in [0.25, 0.3) is 0 Å². The van der Waals surface area contributed by atoms with Crippen LogP contribution in [0.3, 0.4) is 0 Å². The van der Waals surface area contributed by atoms with Gasteiger partial charge in [0.2, 0.25) is 5.91 Å². The number of piperidine rings is 1. The van der Waals surface area contributed by atoms with Crippen LogP contribution < -0.4 is 10.2 Å². The molecule has 1 atom stereocenters. The SMILES string of the molecule is CC(C)(C)NC(=O)C1CCCN(c2nc3c(cc2C#N)CCC3)C1. The van der Waals surface area contributed by atoms with Crippen molar-refractivity contribution in [2.75, 3.05) is 18.0 Å². The molecule has 1 aromatic rings. The molecule has 0 bridgehead atoms. The van der Waals surface area contributed by atoms with Crippen LogP contribution in [0.4, 0.5) is 5.82 Å². The van der Waals surface area contributed by atoms with Crippen LogP contribution >= 0.6 is 0 Å². The summed E-state index contributed by atoms with van der Waals surface area (Å²) in [6.45, 7) is 7.51. The Hall–Kier alpha value is -2.09. The lowest BCUT2D eigenvalue weighted by atomic mass is 9.95. The minimum atomic E-state index is -0.219. The van der Waals surface area contributed by atoms with Gasteiger partial charge in [-0.2, -0.15) is 5.26 Å². The van der Waals surface area contributed by atoms with E-state index in [0.29, 0.717) is 12.1 Å². The summed E-state index contributed by atoms with van der Waals surface area (Å²) in [5, 5.41) is 12.6. The molecule has 0 saturated carbocycles. The van der Waals surface area contributed by atoms with Gasteiger partial charge < -0.3 is 10.2 Å². The third-order valence-corrected chi connectivity index (χ3v) is 4.74. The smallest absolute Gasteiger partial charge is 0.225 e. The van der Waals surface area contributed by atoms with Gasteiger partial charge in [0.15, 0.2) is 0 Å². The molecule has 3 rings (SSSR count). The number of carbonyl (C=O) groups excluding carboxylic acids is 1. The fraction of sp³-hybridized carbons (Fsp3) is 0.632. The fourth-order valence-electron chi connectivity index (χ4n) is 3.64. The standard InChI is InChI=1S/C19H26N4O/c1-19(2,3)22-18(24)14-7-5-9-23(12-14)17-15(11-20)10-13-6-4-8-16(13)21-17/h10,14H,4-9,12H2,1-3H3,(H,22,24). The van der Waals surface area contributed by atoms with Gasteiger partial charge in [0.05, 0.1) is 11.5 Å². The van der Waals surface area contributed by atoms with Gasteiger partial charge >= 0.3 is 0 Å². The van der Waals surface area contributed by atoms with Gasteiger partial charge in [-0.25, -0.2) is 4.98 Å². The van der Waals surface area contributed by atoms with Crippen LogP contribution in [-0.2, 0) is 17.6 Å². The molecule has 2 heterocycles. The highest BCUT2D eigenvalue weighted by atomic mass is 16.2. The first-order valence-corrected chi connectivity index (χ1v) is 8.87. The number of pyridine rings is 1. The molecule has 5 nitrogen and oxygen atoms in total. The first kappa shape index (κ1) is 16.8. The number of carbonyl (C=O) groups is 1. The van der Waals surface area contributed by atoms with Crippen molar-refractivity contribution in [3.05, 3.63) is 22.9 Å². The summed E-state index contributed by atoms with van der Waals surface area (Å²) in [6, 6.07) is 4.30. The molecule has 1 unspecified atom stereocenters. The third kappa shape index (κ3) is 3.53. The zero-order valence-electron chi connectivity index (χ0n) is 14.9. The fourth-order valence-corrected chi connectivity index (χ4v) is 3.64. The molecule has 1 amide bonds. The molecular weight excluding hydrogens is 300 g/mol. The molecule has 1 fully saturated rings. The lowest BCUT2D eigenvalue weighted by Gasteiger charge is -2.35. The molecule has 1 saturated heterocycles. The minimum absolute atomic E-state index is 0.0421. The van der Waals surface area contributed by atoms with Gasteiger partial charge in [0, 0.05) is 24.3 Å². The summed E-state index contributed by atoms with van der Waals surface area (Å²) in [5.41, 5.74) is 2.77. The molecule has 2 aliphatic rings. The van der Waals surface area contributed by atoms with Gasteiger partial charge in [-0.05, 0) is 64.5 Å². The van der Waals surface area contributed by atoms with Crippen molar-refractivity contribution in [3.8, 4) is 6.07 Å². The molecule has 1 aliphatic heterocycles. The zero-order valence-corrected chi connectivity index (χ0v) is 14.9. The van der Waals surface area contributed by atoms with E-state index in [9.17, 15) is 10.1 Å². The van der Waals surface area contributed by atoms with Crippen molar-refractivity contribution in [1.29, 1.82) is 5.26 Å². The van der Waals surface area contributed by atoms with E-state index in [1.165, 1.54) is 5.56 Å². The lowest BCUT2D eigenvalue weighted by molar-refractivity contribution is -0.126. The maximum absolute atomic E-state index is 12.5. The van der Waals surface area contributed by atoms with Gasteiger partial charge in [-0.15, -0.1) is 0 Å². The summed E-state index contributed by atoms with van der Waals surface area (Å²) in [6.07, 6.45) is 4.98. The summed E-state index contributed by atoms with van der Waals surface area (Å²) in [5.74, 6) is 0.831. The normalized spacial score (nSPS) is 20.4. The number of aryl methyl sites for hydroxylation is 2. The van der Waals surface area contributed by atoms with E-state index in [1.54, 1.807) is 0 Å². The second-order valence-corrected chi connectivity index (χ2v) is 7.96. The van der Waals surface area contributed by atoms with Crippen molar-refractivity contribution in [3.63, 3.8) is 0 Å². The second kappa shape index (κ2) is 6.43. The molecule has 5 heteroatoms. The van der Waals surface area contributed by atoms with E-state index >= 15 is 0 Å². The maximum Gasteiger partial charge on any atom is 0.225 e. The van der Waals surface area contributed by atoms with E-state index in [-0.39, 0.29) is 17.4 Å². The number of nitriles is 1. The van der Waals surface area contributed by atoms with Crippen molar-refractivity contribution >= 4 is 11.7 Å². The summed E-state index contributed by atoms with van der Waals surface area (Å²) in [7, 11) is 0. The Kier molecular flexibility index (Phi) is 4.49. The monoisotopic (exact) mass is 326 g/mol. The Morgan fingerprint density at radius 2 is 2.17 bits per heavy atom. The van der Waals surface area contributed by atoms with Crippen molar-refractivity contribution in [2.45, 2.75) is 58.4 Å². The molecule has 128 valence electrons. The largest absolute Gasteiger partial charge is 0.355 e. The zero-order chi connectivity index (χ0) is 17.3. The first-order chi connectivity index (χ1) is 11.4. The Labute approximate surface area is 144 Å². The van der Waals surface area contributed by atoms with Gasteiger partial charge in [-0.3, -0.25) is 4.79 Å². The third-order valence-electron chi connectivity index (χ3n) is 4.74.